The van der Waals surface area contributed by atoms with Crippen molar-refractivity contribution in [1.82, 2.24) is 23.7 Å². The summed E-state index contributed by atoms with van der Waals surface area (Å²) >= 11 is 0. The first-order valence-electron chi connectivity index (χ1n) is 12.2. The molecule has 35 heavy (non-hydrogen) atoms. The van der Waals surface area contributed by atoms with Gasteiger partial charge in [-0.25, -0.2) is 13.4 Å². The Morgan fingerprint density at radius 3 is 1.97 bits per heavy atom. The summed E-state index contributed by atoms with van der Waals surface area (Å²) in [6.07, 6.45) is 4.67. The Kier molecular flexibility index (Phi) is 6.99. The number of amides is 1. The molecule has 0 spiro atoms. The van der Waals surface area contributed by atoms with Crippen LogP contribution in [0.5, 0.6) is 0 Å². The zero-order valence-corrected chi connectivity index (χ0v) is 20.6. The van der Waals surface area contributed by atoms with Gasteiger partial charge in [-0.3, -0.25) is 9.69 Å². The standard InChI is InChI=1S/C26H31N5O3S/c32-25(20-28-19-24(27-21-28)35(33,34)31-13-7-8-14-31)29-15-17-30(18-16-29)26(22-9-3-1-4-10-22)23-11-5-2-6-12-23/h1-6,9-12,19,21,26H,7-8,13-18,20H2. The fourth-order valence-electron chi connectivity index (χ4n) is 4.99. The van der Waals surface area contributed by atoms with Gasteiger partial charge in [0.15, 0.2) is 5.03 Å². The van der Waals surface area contributed by atoms with E-state index in [1.54, 1.807) is 4.57 Å². The molecule has 2 aromatic carbocycles. The zero-order chi connectivity index (χ0) is 24.3. The average molecular weight is 494 g/mol. The van der Waals surface area contributed by atoms with E-state index in [1.807, 2.05) is 17.0 Å². The van der Waals surface area contributed by atoms with E-state index in [2.05, 4.69) is 58.4 Å². The average Bonchev–Trinajstić information content (AvgIpc) is 3.60. The maximum Gasteiger partial charge on any atom is 0.262 e. The highest BCUT2D eigenvalue weighted by atomic mass is 32.2. The first kappa shape index (κ1) is 23.7. The molecule has 2 fully saturated rings. The normalized spacial score (nSPS) is 17.8. The number of aromatic nitrogens is 2. The molecule has 0 atom stereocenters. The molecule has 0 aliphatic carbocycles. The maximum atomic E-state index is 13.0. The summed E-state index contributed by atoms with van der Waals surface area (Å²) in [6, 6.07) is 21.1. The van der Waals surface area contributed by atoms with Gasteiger partial charge in [-0.2, -0.15) is 4.31 Å². The van der Waals surface area contributed by atoms with E-state index in [4.69, 9.17) is 0 Å². The first-order valence-corrected chi connectivity index (χ1v) is 13.6. The summed E-state index contributed by atoms with van der Waals surface area (Å²) in [4.78, 5) is 21.4. The lowest BCUT2D eigenvalue weighted by Crippen LogP contribution is -2.50. The van der Waals surface area contributed by atoms with Gasteiger partial charge in [0.1, 0.15) is 6.54 Å². The van der Waals surface area contributed by atoms with Crippen molar-refractivity contribution in [2.24, 2.45) is 0 Å². The van der Waals surface area contributed by atoms with E-state index in [9.17, 15) is 13.2 Å². The van der Waals surface area contributed by atoms with Crippen LogP contribution in [0.1, 0.15) is 30.0 Å². The fraction of sp³-hybridized carbons (Fsp3) is 0.385. The Hall–Kier alpha value is -3.01. The summed E-state index contributed by atoms with van der Waals surface area (Å²) < 4.78 is 28.5. The molecule has 0 unspecified atom stereocenters. The number of nitrogens with zero attached hydrogens (tertiary/aromatic N) is 5. The van der Waals surface area contributed by atoms with Crippen LogP contribution in [-0.2, 0) is 21.4 Å². The Bertz CT molecular complexity index is 1190. The molecule has 0 saturated carbocycles. The number of hydrogen-bond acceptors (Lipinski definition) is 5. The van der Waals surface area contributed by atoms with Crippen molar-refractivity contribution >= 4 is 15.9 Å². The molecule has 2 aliphatic heterocycles. The van der Waals surface area contributed by atoms with Crippen molar-refractivity contribution in [3.05, 3.63) is 84.3 Å². The summed E-state index contributed by atoms with van der Waals surface area (Å²) in [5, 5.41) is 0.0191. The van der Waals surface area contributed by atoms with Crippen LogP contribution in [0.25, 0.3) is 0 Å². The molecule has 5 rings (SSSR count). The second-order valence-corrected chi connectivity index (χ2v) is 11.0. The molecule has 0 N–H and O–H groups in total. The summed E-state index contributed by atoms with van der Waals surface area (Å²) in [5.41, 5.74) is 2.48. The van der Waals surface area contributed by atoms with Crippen LogP contribution < -0.4 is 0 Å². The molecule has 0 radical (unpaired) electrons. The Balaban J connectivity index is 1.22. The third kappa shape index (κ3) is 5.17. The Labute approximate surface area is 206 Å². The van der Waals surface area contributed by atoms with Crippen molar-refractivity contribution in [2.45, 2.75) is 30.5 Å². The van der Waals surface area contributed by atoms with Gasteiger partial charge < -0.3 is 9.47 Å². The molecule has 3 aromatic rings. The fourth-order valence-corrected chi connectivity index (χ4v) is 6.44. The predicted octanol–water partition coefficient (Wildman–Crippen LogP) is 2.60. The number of carbonyl (C=O) groups is 1. The van der Waals surface area contributed by atoms with Gasteiger partial charge in [0.2, 0.25) is 5.91 Å². The van der Waals surface area contributed by atoms with E-state index >= 15 is 0 Å². The third-order valence-electron chi connectivity index (χ3n) is 6.86. The molecule has 1 aromatic heterocycles. The number of rotatable bonds is 7. The van der Waals surface area contributed by atoms with E-state index < -0.39 is 10.0 Å². The summed E-state index contributed by atoms with van der Waals surface area (Å²) in [7, 11) is -3.58. The lowest BCUT2D eigenvalue weighted by molar-refractivity contribution is -0.133. The molecule has 0 bridgehead atoms. The highest BCUT2D eigenvalue weighted by molar-refractivity contribution is 7.89. The quantitative estimate of drug-likeness (QED) is 0.506. The molecular formula is C26H31N5O3S. The second kappa shape index (κ2) is 10.3. The van der Waals surface area contributed by atoms with Gasteiger partial charge in [-0.15, -0.1) is 0 Å². The summed E-state index contributed by atoms with van der Waals surface area (Å²) in [5.74, 6) is -0.0249. The highest BCUT2D eigenvalue weighted by Crippen LogP contribution is 2.29. The molecule has 3 heterocycles. The van der Waals surface area contributed by atoms with Crippen LogP contribution >= 0.6 is 0 Å². The molecule has 1 amide bonds. The number of benzene rings is 2. The van der Waals surface area contributed by atoms with Crippen LogP contribution in [0.2, 0.25) is 0 Å². The van der Waals surface area contributed by atoms with E-state index in [-0.39, 0.29) is 23.5 Å². The number of piperazine rings is 1. The number of imidazole rings is 1. The monoisotopic (exact) mass is 493 g/mol. The van der Waals surface area contributed by atoms with Crippen molar-refractivity contribution in [2.75, 3.05) is 39.3 Å². The van der Waals surface area contributed by atoms with Gasteiger partial charge >= 0.3 is 0 Å². The van der Waals surface area contributed by atoms with Crippen LogP contribution in [-0.4, -0.2) is 77.2 Å². The summed E-state index contributed by atoms with van der Waals surface area (Å²) in [6.45, 7) is 3.93. The van der Waals surface area contributed by atoms with Crippen molar-refractivity contribution in [3.8, 4) is 0 Å². The van der Waals surface area contributed by atoms with Gasteiger partial charge in [0.05, 0.1) is 12.4 Å². The molecule has 2 aliphatic rings. The van der Waals surface area contributed by atoms with Gasteiger partial charge in [0.25, 0.3) is 10.0 Å². The zero-order valence-electron chi connectivity index (χ0n) is 19.7. The Morgan fingerprint density at radius 1 is 0.829 bits per heavy atom. The minimum atomic E-state index is -3.58. The highest BCUT2D eigenvalue weighted by Gasteiger charge is 2.30. The largest absolute Gasteiger partial charge is 0.339 e. The molecule has 2 saturated heterocycles. The molecular weight excluding hydrogens is 462 g/mol. The van der Waals surface area contributed by atoms with Gasteiger partial charge in [0, 0.05) is 45.5 Å². The molecule has 184 valence electrons. The lowest BCUT2D eigenvalue weighted by Gasteiger charge is -2.39. The minimum absolute atomic E-state index is 0.0191. The lowest BCUT2D eigenvalue weighted by atomic mass is 9.96. The second-order valence-electron chi connectivity index (χ2n) is 9.14. The van der Waals surface area contributed by atoms with Crippen molar-refractivity contribution in [1.29, 1.82) is 0 Å². The van der Waals surface area contributed by atoms with Crippen LogP contribution in [0.4, 0.5) is 0 Å². The first-order chi connectivity index (χ1) is 17.0. The maximum absolute atomic E-state index is 13.0. The van der Waals surface area contributed by atoms with Crippen LogP contribution in [0.15, 0.2) is 78.2 Å². The van der Waals surface area contributed by atoms with Gasteiger partial charge in [-0.05, 0) is 24.0 Å². The predicted molar refractivity (Wildman–Crippen MR) is 133 cm³/mol. The number of hydrogen-bond donors (Lipinski definition) is 0. The SMILES string of the molecule is O=C(Cn1cnc(S(=O)(=O)N2CCCC2)c1)N1CCN(C(c2ccccc2)c2ccccc2)CC1. The number of sulfonamides is 1. The number of carbonyl (C=O) groups excluding carboxylic acids is 1. The van der Waals surface area contributed by atoms with Crippen LogP contribution in [0.3, 0.4) is 0 Å². The molecule has 8 nitrogen and oxygen atoms in total. The van der Waals surface area contributed by atoms with Crippen molar-refractivity contribution in [3.63, 3.8) is 0 Å². The smallest absolute Gasteiger partial charge is 0.262 e. The van der Waals surface area contributed by atoms with E-state index in [0.29, 0.717) is 26.2 Å². The minimum Gasteiger partial charge on any atom is -0.339 e. The molecule has 9 heteroatoms. The van der Waals surface area contributed by atoms with E-state index in [0.717, 1.165) is 25.9 Å². The van der Waals surface area contributed by atoms with Crippen LogP contribution in [0, 0.1) is 0 Å². The van der Waals surface area contributed by atoms with Crippen molar-refractivity contribution < 1.29 is 13.2 Å². The third-order valence-corrected chi connectivity index (χ3v) is 8.64. The Morgan fingerprint density at radius 2 is 1.40 bits per heavy atom. The van der Waals surface area contributed by atoms with Gasteiger partial charge in [-0.1, -0.05) is 60.7 Å². The topological polar surface area (TPSA) is 78.7 Å². The van der Waals surface area contributed by atoms with E-state index in [1.165, 1.54) is 28.0 Å².